The van der Waals surface area contributed by atoms with Crippen molar-refractivity contribution < 1.29 is 37.7 Å². The monoisotopic (exact) mass is 584 g/mol. The number of aliphatic carboxylic acids is 1. The van der Waals surface area contributed by atoms with Gasteiger partial charge in [0.05, 0.1) is 11.7 Å². The van der Waals surface area contributed by atoms with Crippen LogP contribution in [0.5, 0.6) is 0 Å². The normalized spacial score (nSPS) is 15.0. The fourth-order valence-corrected chi connectivity index (χ4v) is 3.66. The summed E-state index contributed by atoms with van der Waals surface area (Å²) in [6, 6.07) is 8.23. The molecule has 14 heteroatoms. The van der Waals surface area contributed by atoms with E-state index < -0.39 is 36.1 Å². The number of benzene rings is 1. The van der Waals surface area contributed by atoms with E-state index in [4.69, 9.17) is 10.5 Å². The number of halogens is 3. The lowest BCUT2D eigenvalue weighted by Crippen LogP contribution is -2.61. The van der Waals surface area contributed by atoms with Gasteiger partial charge in [0.1, 0.15) is 6.04 Å². The molecule has 0 saturated carbocycles. The van der Waals surface area contributed by atoms with E-state index in [1.54, 1.807) is 11.8 Å². The van der Waals surface area contributed by atoms with E-state index in [0.717, 1.165) is 5.56 Å². The van der Waals surface area contributed by atoms with E-state index in [0.29, 0.717) is 30.9 Å². The molecule has 1 amide bonds. The highest BCUT2D eigenvalue weighted by atomic mass is 32.2. The Bertz CT molecular complexity index is 839. The lowest BCUT2D eigenvalue weighted by Gasteiger charge is -2.34. The van der Waals surface area contributed by atoms with Gasteiger partial charge in [-0.1, -0.05) is 44.2 Å². The molecular formula is C24H39F3N4O5S2. The smallest absolute Gasteiger partial charge is 0.414 e. The van der Waals surface area contributed by atoms with Crippen molar-refractivity contribution >= 4 is 42.2 Å². The van der Waals surface area contributed by atoms with Gasteiger partial charge in [0.2, 0.25) is 5.91 Å². The van der Waals surface area contributed by atoms with Gasteiger partial charge in [0, 0.05) is 22.9 Å². The maximum Gasteiger partial charge on any atom is 0.414 e. The molecule has 0 aromatic heterocycles. The van der Waals surface area contributed by atoms with E-state index in [9.17, 15) is 28.0 Å². The Kier molecular flexibility index (Phi) is 18.1. The van der Waals surface area contributed by atoms with Crippen LogP contribution in [0.4, 0.5) is 13.3 Å². The van der Waals surface area contributed by atoms with Crippen LogP contribution in [0.3, 0.4) is 0 Å². The Balaban J connectivity index is 0.00000171. The third kappa shape index (κ3) is 15.4. The molecule has 0 fully saturated rings. The summed E-state index contributed by atoms with van der Waals surface area (Å²) in [4.78, 5) is 35.9. The minimum absolute atomic E-state index is 0.0139. The topological polar surface area (TPSA) is 143 Å². The zero-order valence-corrected chi connectivity index (χ0v) is 23.7. The molecule has 1 aromatic rings. The summed E-state index contributed by atoms with van der Waals surface area (Å²) in [6.45, 7) is 6.56. The summed E-state index contributed by atoms with van der Waals surface area (Å²) in [5, 5.41) is 18.9. The van der Waals surface area contributed by atoms with Crippen LogP contribution in [-0.4, -0.2) is 77.5 Å². The zero-order valence-electron chi connectivity index (χ0n) is 22.0. The number of nitrogens with one attached hydrogen (secondary N) is 3. The quantitative estimate of drug-likeness (QED) is 0.128. The van der Waals surface area contributed by atoms with E-state index in [-0.39, 0.29) is 17.9 Å². The van der Waals surface area contributed by atoms with Gasteiger partial charge in [-0.05, 0) is 43.3 Å². The standard InChI is InChI=1S/C22H38N4O3S2.C2HF3O2/c1-15(2)19(26-22(3,23)14-30)13-24-18(12-16-8-6-5-7-9-16)20(27)25-17(21(28)29)10-11-31-4;3-1(4)2(6)7-5/h5-9,15,17-19,24,26,30H,10-14,23H2,1-4H3,(H,25,27)(H,28,29);1H/t17-,18-,19+,22+;/m0./s1. The predicted octanol–water partition coefficient (Wildman–Crippen LogP) is 2.41. The van der Waals surface area contributed by atoms with Crippen LogP contribution >= 0.6 is 24.4 Å². The molecule has 4 atom stereocenters. The maximum absolute atomic E-state index is 13.0. The molecule has 1 rings (SSSR count). The minimum atomic E-state index is -3.37. The number of rotatable bonds is 16. The summed E-state index contributed by atoms with van der Waals surface area (Å²) in [7, 11) is 0. The molecule has 0 bridgehead atoms. The molecule has 0 radical (unpaired) electrons. The number of thioether (sulfide) groups is 1. The first-order valence-corrected chi connectivity index (χ1v) is 13.9. The van der Waals surface area contributed by atoms with Crippen molar-refractivity contribution in [3.63, 3.8) is 0 Å². The van der Waals surface area contributed by atoms with E-state index in [2.05, 4.69) is 47.4 Å². The fraction of sp³-hybridized carbons (Fsp3) is 0.625. The van der Waals surface area contributed by atoms with Crippen LogP contribution < -0.4 is 21.7 Å². The second-order valence-corrected chi connectivity index (χ2v) is 10.4. The molecule has 38 heavy (non-hydrogen) atoms. The number of amides is 1. The second-order valence-electron chi connectivity index (χ2n) is 9.10. The summed E-state index contributed by atoms with van der Waals surface area (Å²) in [5.74, 6) is -2.09. The van der Waals surface area contributed by atoms with Crippen molar-refractivity contribution in [3.05, 3.63) is 35.9 Å². The number of carboxylic acids is 1. The summed E-state index contributed by atoms with van der Waals surface area (Å²) in [6.07, 6.45) is -0.622. The number of carboxylic acid groups (broad SMARTS) is 1. The molecule has 1 aromatic carbocycles. The highest BCUT2D eigenvalue weighted by Gasteiger charge is 2.28. The maximum atomic E-state index is 13.0. The van der Waals surface area contributed by atoms with Crippen molar-refractivity contribution in [1.29, 1.82) is 0 Å². The van der Waals surface area contributed by atoms with Gasteiger partial charge in [-0.3, -0.25) is 10.1 Å². The number of thiol groups is 1. The van der Waals surface area contributed by atoms with Crippen molar-refractivity contribution in [2.45, 2.75) is 63.8 Å². The first-order valence-electron chi connectivity index (χ1n) is 11.8. The zero-order chi connectivity index (χ0) is 29.3. The van der Waals surface area contributed by atoms with Crippen LogP contribution in [0.1, 0.15) is 32.8 Å². The van der Waals surface area contributed by atoms with Gasteiger partial charge >= 0.3 is 18.4 Å². The molecule has 0 aliphatic heterocycles. The predicted molar refractivity (Wildman–Crippen MR) is 146 cm³/mol. The summed E-state index contributed by atoms with van der Waals surface area (Å²) >= 11 is 5.86. The van der Waals surface area contributed by atoms with Gasteiger partial charge < -0.3 is 21.5 Å². The number of hydrogen-bond donors (Lipinski definition) is 6. The van der Waals surface area contributed by atoms with E-state index in [1.807, 2.05) is 43.5 Å². The summed E-state index contributed by atoms with van der Waals surface area (Å²) in [5.41, 5.74) is 6.59. The molecule has 0 aliphatic rings. The Hall–Kier alpha value is -2.00. The van der Waals surface area contributed by atoms with Crippen molar-refractivity contribution in [2.75, 3.05) is 24.3 Å². The molecule has 0 unspecified atom stereocenters. The van der Waals surface area contributed by atoms with Crippen LogP contribution in [0.2, 0.25) is 0 Å². The number of alkyl halides is 2. The third-order valence-corrected chi connectivity index (χ3v) is 6.61. The lowest BCUT2D eigenvalue weighted by atomic mass is 10.00. The van der Waals surface area contributed by atoms with Crippen molar-refractivity contribution in [1.82, 2.24) is 16.0 Å². The van der Waals surface area contributed by atoms with Crippen LogP contribution in [0.15, 0.2) is 30.3 Å². The Morgan fingerprint density at radius 1 is 1.18 bits per heavy atom. The van der Waals surface area contributed by atoms with Crippen molar-refractivity contribution in [2.24, 2.45) is 11.7 Å². The molecule has 0 saturated heterocycles. The first-order chi connectivity index (χ1) is 17.8. The van der Waals surface area contributed by atoms with Gasteiger partial charge in [-0.2, -0.15) is 33.2 Å². The summed E-state index contributed by atoms with van der Waals surface area (Å²) < 4.78 is 31.7. The van der Waals surface area contributed by atoms with E-state index >= 15 is 0 Å². The Morgan fingerprint density at radius 2 is 1.79 bits per heavy atom. The molecule has 0 spiro atoms. The highest BCUT2D eigenvalue weighted by molar-refractivity contribution is 7.98. The van der Waals surface area contributed by atoms with Crippen LogP contribution in [0, 0.1) is 5.92 Å². The number of carbonyl (C=O) groups excluding carboxylic acids is 2. The second kappa shape index (κ2) is 19.1. The Morgan fingerprint density at radius 3 is 2.21 bits per heavy atom. The highest BCUT2D eigenvalue weighted by Crippen LogP contribution is 2.10. The fourth-order valence-electron chi connectivity index (χ4n) is 3.10. The molecular weight excluding hydrogens is 545 g/mol. The number of hydrogen-bond acceptors (Lipinski definition) is 9. The molecule has 218 valence electrons. The van der Waals surface area contributed by atoms with Gasteiger partial charge in [-0.15, -0.1) is 0 Å². The lowest BCUT2D eigenvalue weighted by molar-refractivity contribution is -0.196. The van der Waals surface area contributed by atoms with Crippen LogP contribution in [-0.2, 0) is 25.7 Å². The van der Waals surface area contributed by atoms with Crippen LogP contribution in [0.25, 0.3) is 0 Å². The molecule has 0 heterocycles. The first kappa shape index (κ1) is 36.0. The minimum Gasteiger partial charge on any atom is -0.480 e. The SMILES string of the molecule is CSCC[C@H](NC(=O)[C@H](Cc1ccccc1)NC[C@@H](N[C@@](C)(N)CS)C(C)C)C(=O)O.O=C(OF)C(F)F. The average Bonchev–Trinajstić information content (AvgIpc) is 2.87. The van der Waals surface area contributed by atoms with Crippen molar-refractivity contribution in [3.8, 4) is 0 Å². The van der Waals surface area contributed by atoms with E-state index in [1.165, 1.54) is 0 Å². The molecule has 0 aliphatic carbocycles. The molecule has 6 N–H and O–H groups in total. The largest absolute Gasteiger partial charge is 0.480 e. The van der Waals surface area contributed by atoms with Gasteiger partial charge in [0.25, 0.3) is 0 Å². The van der Waals surface area contributed by atoms with Gasteiger partial charge in [-0.25, -0.2) is 14.5 Å². The third-order valence-electron chi connectivity index (χ3n) is 5.31. The van der Waals surface area contributed by atoms with Gasteiger partial charge in [0.15, 0.2) is 0 Å². The Labute approximate surface area is 231 Å². The average molecular weight is 585 g/mol. The number of carbonyl (C=O) groups is 3. The number of nitrogens with two attached hydrogens (primary N) is 1. The molecule has 9 nitrogen and oxygen atoms in total.